The molecule has 8 heteroatoms. The Bertz CT molecular complexity index is 940. The number of ether oxygens (including phenoxy) is 1. The van der Waals surface area contributed by atoms with Crippen molar-refractivity contribution in [2.24, 2.45) is 0 Å². The Hall–Kier alpha value is -3.10. The molecule has 0 aliphatic carbocycles. The molecular weight excluding hydrogens is 384 g/mol. The average molecular weight is 410 g/mol. The molecule has 0 atom stereocenters. The van der Waals surface area contributed by atoms with E-state index in [1.807, 2.05) is 12.1 Å². The number of phenols is 1. The number of piperazine rings is 1. The van der Waals surface area contributed by atoms with Crippen molar-refractivity contribution in [2.75, 3.05) is 56.6 Å². The molecule has 0 aromatic heterocycles. The molecule has 0 bridgehead atoms. The van der Waals surface area contributed by atoms with Crippen molar-refractivity contribution in [3.8, 4) is 11.5 Å². The Morgan fingerprint density at radius 2 is 1.90 bits per heavy atom. The van der Waals surface area contributed by atoms with Crippen molar-refractivity contribution in [2.45, 2.75) is 6.54 Å². The number of carbonyl (C=O) groups is 2. The summed E-state index contributed by atoms with van der Waals surface area (Å²) in [6.07, 6.45) is 0. The number of anilines is 2. The van der Waals surface area contributed by atoms with E-state index in [9.17, 15) is 14.7 Å². The molecule has 2 aromatic rings. The first-order chi connectivity index (χ1) is 14.5. The van der Waals surface area contributed by atoms with Gasteiger partial charge >= 0.3 is 0 Å². The van der Waals surface area contributed by atoms with Crippen molar-refractivity contribution < 1.29 is 19.4 Å². The number of benzene rings is 2. The summed E-state index contributed by atoms with van der Waals surface area (Å²) >= 11 is 0. The summed E-state index contributed by atoms with van der Waals surface area (Å²) in [5.41, 5.74) is 1.93. The number of carbonyl (C=O) groups excluding carboxylic acids is 2. The van der Waals surface area contributed by atoms with E-state index in [4.69, 9.17) is 4.74 Å². The highest BCUT2D eigenvalue weighted by molar-refractivity contribution is 6.05. The number of hydrogen-bond acceptors (Lipinski definition) is 6. The molecule has 2 aromatic carbocycles. The molecule has 4 rings (SSSR count). The number of hydrogen-bond donors (Lipinski definition) is 2. The number of fused-ring (bicyclic) bond motifs is 1. The zero-order valence-corrected chi connectivity index (χ0v) is 17.0. The van der Waals surface area contributed by atoms with Crippen LogP contribution in [-0.4, -0.2) is 73.1 Å². The first-order valence-corrected chi connectivity index (χ1v) is 10.0. The molecule has 2 heterocycles. The monoisotopic (exact) mass is 410 g/mol. The first-order valence-electron chi connectivity index (χ1n) is 10.0. The van der Waals surface area contributed by atoms with Gasteiger partial charge in [0.1, 0.15) is 18.0 Å². The summed E-state index contributed by atoms with van der Waals surface area (Å²) in [6, 6.07) is 12.4. The zero-order valence-electron chi connectivity index (χ0n) is 17.0. The summed E-state index contributed by atoms with van der Waals surface area (Å²) in [5, 5.41) is 12.9. The van der Waals surface area contributed by atoms with Gasteiger partial charge in [-0.15, -0.1) is 0 Å². The molecule has 30 heavy (non-hydrogen) atoms. The number of likely N-dealkylation sites (N-methyl/N-ethyl adjacent to an activating group) is 1. The standard InChI is InChI=1S/C22H26N4O4/c1-24-8-10-25(11-9-24)13-16-6-7-19(27)17(12-16)23-21(28)14-26-18-4-2-3-5-20(18)30-15-22(26)29/h2-7,12,27H,8-11,13-15H2,1H3,(H,23,28). The van der Waals surface area contributed by atoms with Crippen molar-refractivity contribution in [3.05, 3.63) is 48.0 Å². The largest absolute Gasteiger partial charge is 0.506 e. The lowest BCUT2D eigenvalue weighted by Crippen LogP contribution is -2.44. The van der Waals surface area contributed by atoms with Gasteiger partial charge in [0.15, 0.2) is 6.61 Å². The summed E-state index contributed by atoms with van der Waals surface area (Å²) in [4.78, 5) is 31.0. The van der Waals surface area contributed by atoms with Gasteiger partial charge in [0.25, 0.3) is 5.91 Å². The third-order valence-electron chi connectivity index (χ3n) is 5.45. The normalized spacial score (nSPS) is 17.4. The van der Waals surface area contributed by atoms with E-state index in [0.29, 0.717) is 17.1 Å². The molecule has 1 saturated heterocycles. The number of rotatable bonds is 5. The number of para-hydroxylation sites is 2. The molecule has 158 valence electrons. The van der Waals surface area contributed by atoms with E-state index in [1.165, 1.54) is 4.90 Å². The highest BCUT2D eigenvalue weighted by Gasteiger charge is 2.27. The van der Waals surface area contributed by atoms with Crippen LogP contribution in [0.25, 0.3) is 0 Å². The molecule has 2 amide bonds. The minimum Gasteiger partial charge on any atom is -0.506 e. The van der Waals surface area contributed by atoms with Crippen molar-refractivity contribution >= 4 is 23.2 Å². The molecule has 8 nitrogen and oxygen atoms in total. The number of amides is 2. The Morgan fingerprint density at radius 1 is 1.13 bits per heavy atom. The molecule has 2 aliphatic heterocycles. The predicted molar refractivity (Wildman–Crippen MR) is 114 cm³/mol. The topological polar surface area (TPSA) is 85.4 Å². The fraction of sp³-hybridized carbons (Fsp3) is 0.364. The maximum atomic E-state index is 12.7. The van der Waals surface area contributed by atoms with Crippen LogP contribution >= 0.6 is 0 Å². The third-order valence-corrected chi connectivity index (χ3v) is 5.45. The summed E-state index contributed by atoms with van der Waals surface area (Å²) in [5.74, 6) is -0.0925. The number of nitrogens with one attached hydrogen (secondary N) is 1. The van der Waals surface area contributed by atoms with Crippen LogP contribution in [0.5, 0.6) is 11.5 Å². The van der Waals surface area contributed by atoms with E-state index in [-0.39, 0.29) is 30.7 Å². The van der Waals surface area contributed by atoms with Crippen LogP contribution in [0.4, 0.5) is 11.4 Å². The summed E-state index contributed by atoms with van der Waals surface area (Å²) in [6.45, 7) is 4.52. The SMILES string of the molecule is CN1CCN(Cc2ccc(O)c(NC(=O)CN3C(=O)COc4ccccc43)c2)CC1. The van der Waals surface area contributed by atoms with Crippen LogP contribution < -0.4 is 15.0 Å². The molecular formula is C22H26N4O4. The first kappa shape index (κ1) is 20.2. The van der Waals surface area contributed by atoms with Crippen LogP contribution in [-0.2, 0) is 16.1 Å². The van der Waals surface area contributed by atoms with Crippen LogP contribution in [0.3, 0.4) is 0 Å². The van der Waals surface area contributed by atoms with Gasteiger partial charge in [-0.2, -0.15) is 0 Å². The van der Waals surface area contributed by atoms with Gasteiger partial charge in [0, 0.05) is 32.7 Å². The minimum atomic E-state index is -0.382. The Labute approximate surface area is 175 Å². The Balaban J connectivity index is 1.42. The smallest absolute Gasteiger partial charge is 0.265 e. The van der Waals surface area contributed by atoms with Crippen molar-refractivity contribution in [1.29, 1.82) is 0 Å². The van der Waals surface area contributed by atoms with Gasteiger partial charge in [-0.25, -0.2) is 0 Å². The quantitative estimate of drug-likeness (QED) is 0.727. The highest BCUT2D eigenvalue weighted by atomic mass is 16.5. The van der Waals surface area contributed by atoms with E-state index < -0.39 is 0 Å². The molecule has 0 unspecified atom stereocenters. The molecule has 0 radical (unpaired) electrons. The van der Waals surface area contributed by atoms with E-state index in [1.54, 1.807) is 30.3 Å². The van der Waals surface area contributed by atoms with Gasteiger partial charge in [0.05, 0.1) is 11.4 Å². The molecule has 0 saturated carbocycles. The lowest BCUT2D eigenvalue weighted by Gasteiger charge is -2.32. The number of nitrogens with zero attached hydrogens (tertiary/aromatic N) is 3. The lowest BCUT2D eigenvalue weighted by molar-refractivity contribution is -0.123. The van der Waals surface area contributed by atoms with Gasteiger partial charge < -0.3 is 20.1 Å². The number of aromatic hydroxyl groups is 1. The maximum absolute atomic E-state index is 12.7. The van der Waals surface area contributed by atoms with E-state index in [2.05, 4.69) is 22.2 Å². The average Bonchev–Trinajstić information content (AvgIpc) is 2.74. The highest BCUT2D eigenvalue weighted by Crippen LogP contribution is 2.31. The second kappa shape index (κ2) is 8.73. The molecule has 1 fully saturated rings. The fourth-order valence-electron chi connectivity index (χ4n) is 3.71. The van der Waals surface area contributed by atoms with Crippen LogP contribution in [0, 0.1) is 0 Å². The molecule has 2 aliphatic rings. The van der Waals surface area contributed by atoms with Crippen LogP contribution in [0.1, 0.15) is 5.56 Å². The van der Waals surface area contributed by atoms with Gasteiger partial charge in [-0.05, 0) is 36.9 Å². The van der Waals surface area contributed by atoms with Gasteiger partial charge in [-0.3, -0.25) is 19.4 Å². The van der Waals surface area contributed by atoms with E-state index >= 15 is 0 Å². The second-order valence-corrected chi connectivity index (χ2v) is 7.72. The van der Waals surface area contributed by atoms with Gasteiger partial charge in [0.2, 0.25) is 5.91 Å². The number of phenolic OH excluding ortho intramolecular Hbond substituents is 1. The Kier molecular flexibility index (Phi) is 5.87. The van der Waals surface area contributed by atoms with Crippen molar-refractivity contribution in [3.63, 3.8) is 0 Å². The van der Waals surface area contributed by atoms with Crippen molar-refractivity contribution in [1.82, 2.24) is 9.80 Å². The minimum absolute atomic E-state index is 0.000758. The Morgan fingerprint density at radius 3 is 2.70 bits per heavy atom. The van der Waals surface area contributed by atoms with Crippen LogP contribution in [0.2, 0.25) is 0 Å². The molecule has 0 spiro atoms. The summed E-state index contributed by atoms with van der Waals surface area (Å²) < 4.78 is 5.41. The fourth-order valence-corrected chi connectivity index (χ4v) is 3.71. The second-order valence-electron chi connectivity index (χ2n) is 7.72. The predicted octanol–water partition coefficient (Wildman–Crippen LogP) is 1.50. The van der Waals surface area contributed by atoms with E-state index in [0.717, 1.165) is 38.3 Å². The molecule has 2 N–H and O–H groups in total. The van der Waals surface area contributed by atoms with Crippen LogP contribution in [0.15, 0.2) is 42.5 Å². The third kappa shape index (κ3) is 4.55. The van der Waals surface area contributed by atoms with Gasteiger partial charge in [-0.1, -0.05) is 18.2 Å². The zero-order chi connectivity index (χ0) is 21.1. The maximum Gasteiger partial charge on any atom is 0.265 e. The summed E-state index contributed by atoms with van der Waals surface area (Å²) in [7, 11) is 2.11. The lowest BCUT2D eigenvalue weighted by atomic mass is 10.1.